The highest BCUT2D eigenvalue weighted by Crippen LogP contribution is 2.16. The van der Waals surface area contributed by atoms with Gasteiger partial charge in [0.1, 0.15) is 22.8 Å². The van der Waals surface area contributed by atoms with Crippen molar-refractivity contribution in [3.8, 4) is 5.75 Å². The summed E-state index contributed by atoms with van der Waals surface area (Å²) in [6.07, 6.45) is 0.764. The number of carboxylic acid groups (broad SMARTS) is 1. The smallest absolute Gasteiger partial charge is 0.326 e. The van der Waals surface area contributed by atoms with Crippen LogP contribution in [0.5, 0.6) is 5.75 Å². The van der Waals surface area contributed by atoms with Crippen molar-refractivity contribution in [2.45, 2.75) is 25.8 Å². The van der Waals surface area contributed by atoms with Gasteiger partial charge in [0.05, 0.1) is 12.2 Å². The van der Waals surface area contributed by atoms with Gasteiger partial charge in [-0.15, -0.1) is 0 Å². The molecule has 0 fully saturated rings. The van der Waals surface area contributed by atoms with Gasteiger partial charge in [-0.3, -0.25) is 4.79 Å². The molecule has 0 aliphatic heterocycles. The van der Waals surface area contributed by atoms with Gasteiger partial charge < -0.3 is 20.5 Å². The predicted octanol–water partition coefficient (Wildman–Crippen LogP) is 3.53. The Balaban J connectivity index is 1.56. The van der Waals surface area contributed by atoms with Crippen LogP contribution in [0.25, 0.3) is 0 Å². The van der Waals surface area contributed by atoms with Crippen LogP contribution in [-0.4, -0.2) is 46.6 Å². The number of carboxylic acids is 1. The zero-order valence-corrected chi connectivity index (χ0v) is 19.1. The molecule has 0 spiro atoms. The summed E-state index contributed by atoms with van der Waals surface area (Å²) in [4.78, 5) is 32.7. The average molecular weight is 469 g/mol. The molecule has 2 aromatic heterocycles. The monoisotopic (exact) mass is 468 g/mol. The van der Waals surface area contributed by atoms with E-state index in [1.165, 1.54) is 6.07 Å². The van der Waals surface area contributed by atoms with Crippen molar-refractivity contribution in [1.29, 1.82) is 0 Å². The fraction of sp³-hybridized carbons (Fsp3) is 0.250. The second-order valence-corrected chi connectivity index (χ2v) is 7.72. The molecule has 3 aromatic rings. The third-order valence-corrected chi connectivity index (χ3v) is 5.18. The summed E-state index contributed by atoms with van der Waals surface area (Å²) in [5.41, 5.74) is 2.46. The van der Waals surface area contributed by atoms with Crippen LogP contribution < -0.4 is 15.4 Å². The molecule has 3 N–H and O–H groups in total. The first kappa shape index (κ1) is 24.0. The first-order valence-electron chi connectivity index (χ1n) is 10.4. The molecule has 172 valence electrons. The fourth-order valence-electron chi connectivity index (χ4n) is 3.12. The van der Waals surface area contributed by atoms with Gasteiger partial charge in [-0.05, 0) is 48.9 Å². The Bertz CT molecular complexity index is 1120. The summed E-state index contributed by atoms with van der Waals surface area (Å²) >= 11 is 6.02. The minimum absolute atomic E-state index is 0.0334. The summed E-state index contributed by atoms with van der Waals surface area (Å²) in [6.45, 7) is 2.21. The first-order valence-corrected chi connectivity index (χ1v) is 10.8. The second kappa shape index (κ2) is 11.3. The summed E-state index contributed by atoms with van der Waals surface area (Å²) in [5.74, 6) is -0.262. The predicted molar refractivity (Wildman–Crippen MR) is 126 cm³/mol. The molecule has 1 amide bonds. The van der Waals surface area contributed by atoms with Gasteiger partial charge in [0, 0.05) is 31.3 Å². The molecule has 0 bridgehead atoms. The van der Waals surface area contributed by atoms with Gasteiger partial charge in [0.2, 0.25) is 0 Å². The van der Waals surface area contributed by atoms with Crippen LogP contribution in [0.3, 0.4) is 0 Å². The molecule has 33 heavy (non-hydrogen) atoms. The number of halogens is 1. The first-order chi connectivity index (χ1) is 15.9. The van der Waals surface area contributed by atoms with Gasteiger partial charge in [-0.1, -0.05) is 29.8 Å². The summed E-state index contributed by atoms with van der Waals surface area (Å²) in [7, 11) is 1.82. The van der Waals surface area contributed by atoms with Crippen LogP contribution in [0.1, 0.15) is 27.3 Å². The van der Waals surface area contributed by atoms with Crippen LogP contribution in [-0.2, 0) is 17.6 Å². The number of ether oxygens (including phenoxy) is 1. The number of hydrogen-bond donors (Lipinski definition) is 3. The summed E-state index contributed by atoms with van der Waals surface area (Å²) in [6, 6.07) is 14.9. The molecule has 9 heteroatoms. The van der Waals surface area contributed by atoms with Crippen molar-refractivity contribution in [1.82, 2.24) is 15.3 Å². The van der Waals surface area contributed by atoms with Crippen LogP contribution in [0, 0.1) is 6.92 Å². The summed E-state index contributed by atoms with van der Waals surface area (Å²) < 4.78 is 5.77. The fourth-order valence-corrected chi connectivity index (χ4v) is 3.40. The zero-order valence-electron chi connectivity index (χ0n) is 18.3. The van der Waals surface area contributed by atoms with E-state index in [4.69, 9.17) is 16.3 Å². The lowest BCUT2D eigenvalue weighted by atomic mass is 10.1. The quantitative estimate of drug-likeness (QED) is 0.390. The standard InChI is InChI=1S/C24H25ClN4O4/c1-15-6-11-19(22(25)27-15)23(30)29-20(24(31)32)14-16-7-9-18(10-8-16)33-13-12-17-4-3-5-21(26-2)28-17/h3-11,20H,12-14H2,1-2H3,(H,26,28)(H,29,30)(H,31,32)/t20-/m0/s1. The Morgan fingerprint density at radius 2 is 1.85 bits per heavy atom. The highest BCUT2D eigenvalue weighted by atomic mass is 35.5. The molecule has 0 radical (unpaired) electrons. The Morgan fingerprint density at radius 3 is 2.52 bits per heavy atom. The number of nitrogens with one attached hydrogen (secondary N) is 2. The van der Waals surface area contributed by atoms with E-state index in [1.54, 1.807) is 37.3 Å². The molecular formula is C24H25ClN4O4. The number of amides is 1. The summed E-state index contributed by atoms with van der Waals surface area (Å²) in [5, 5.41) is 15.1. The highest BCUT2D eigenvalue weighted by Gasteiger charge is 2.22. The minimum atomic E-state index is -1.14. The van der Waals surface area contributed by atoms with Crippen LogP contribution in [0.15, 0.2) is 54.6 Å². The minimum Gasteiger partial charge on any atom is -0.493 e. The molecular weight excluding hydrogens is 444 g/mol. The number of pyridine rings is 2. The van der Waals surface area contributed by atoms with Gasteiger partial charge in [0.15, 0.2) is 0 Å². The molecule has 0 aliphatic carbocycles. The normalized spacial score (nSPS) is 11.5. The lowest BCUT2D eigenvalue weighted by Crippen LogP contribution is -2.42. The maximum absolute atomic E-state index is 12.5. The Hall–Kier alpha value is -3.65. The van der Waals surface area contributed by atoms with Gasteiger partial charge >= 0.3 is 5.97 Å². The second-order valence-electron chi connectivity index (χ2n) is 7.37. The van der Waals surface area contributed by atoms with Crippen LogP contribution in [0.4, 0.5) is 5.82 Å². The Labute approximate surface area is 197 Å². The SMILES string of the molecule is CNc1cccc(CCOc2ccc(C[C@H](NC(=O)c3ccc(C)nc3Cl)C(=O)O)cc2)n1. The van der Waals surface area contributed by atoms with E-state index in [-0.39, 0.29) is 17.1 Å². The van der Waals surface area contributed by atoms with E-state index < -0.39 is 17.9 Å². The highest BCUT2D eigenvalue weighted by molar-refractivity contribution is 6.32. The van der Waals surface area contributed by atoms with Gasteiger partial charge in [-0.25, -0.2) is 14.8 Å². The van der Waals surface area contributed by atoms with E-state index in [0.29, 0.717) is 24.5 Å². The van der Waals surface area contributed by atoms with Crippen LogP contribution in [0.2, 0.25) is 5.15 Å². The maximum Gasteiger partial charge on any atom is 0.326 e. The number of aliphatic carboxylic acids is 1. The third kappa shape index (κ3) is 6.92. The average Bonchev–Trinajstić information content (AvgIpc) is 2.79. The van der Waals surface area contributed by atoms with E-state index >= 15 is 0 Å². The zero-order chi connectivity index (χ0) is 23.8. The molecule has 0 saturated heterocycles. The topological polar surface area (TPSA) is 113 Å². The van der Waals surface area contributed by atoms with E-state index in [0.717, 1.165) is 17.1 Å². The number of carbonyl (C=O) groups excluding carboxylic acids is 1. The van der Waals surface area contributed by atoms with Crippen molar-refractivity contribution >= 4 is 29.3 Å². The van der Waals surface area contributed by atoms with Crippen molar-refractivity contribution in [3.05, 3.63) is 82.3 Å². The molecule has 2 heterocycles. The molecule has 1 atom stereocenters. The number of aromatic nitrogens is 2. The van der Waals surface area contributed by atoms with Crippen molar-refractivity contribution < 1.29 is 19.4 Å². The number of nitrogens with zero attached hydrogens (tertiary/aromatic N) is 2. The van der Waals surface area contributed by atoms with Crippen molar-refractivity contribution in [3.63, 3.8) is 0 Å². The molecule has 0 saturated carbocycles. The van der Waals surface area contributed by atoms with Gasteiger partial charge in [0.25, 0.3) is 5.91 Å². The number of aryl methyl sites for hydroxylation is 1. The number of rotatable bonds is 10. The Morgan fingerprint density at radius 1 is 1.09 bits per heavy atom. The van der Waals surface area contributed by atoms with E-state index in [1.807, 2.05) is 25.2 Å². The molecule has 0 unspecified atom stereocenters. The maximum atomic E-state index is 12.5. The molecule has 0 aliphatic rings. The van der Waals surface area contributed by atoms with Gasteiger partial charge in [-0.2, -0.15) is 0 Å². The molecule has 3 rings (SSSR count). The molecule has 8 nitrogen and oxygen atoms in total. The molecule has 1 aromatic carbocycles. The largest absolute Gasteiger partial charge is 0.493 e. The van der Waals surface area contributed by atoms with E-state index in [9.17, 15) is 14.7 Å². The lowest BCUT2D eigenvalue weighted by molar-refractivity contribution is -0.139. The van der Waals surface area contributed by atoms with Crippen LogP contribution >= 0.6 is 11.6 Å². The van der Waals surface area contributed by atoms with Crippen molar-refractivity contribution in [2.75, 3.05) is 19.0 Å². The van der Waals surface area contributed by atoms with Crippen molar-refractivity contribution in [2.24, 2.45) is 0 Å². The number of anilines is 1. The number of hydrogen-bond acceptors (Lipinski definition) is 6. The Kier molecular flexibility index (Phi) is 8.21. The number of benzene rings is 1. The van der Waals surface area contributed by atoms with E-state index in [2.05, 4.69) is 20.6 Å². The third-order valence-electron chi connectivity index (χ3n) is 4.89. The number of carbonyl (C=O) groups is 2. The lowest BCUT2D eigenvalue weighted by Gasteiger charge is -2.15.